The molecule has 0 unspecified atom stereocenters. The topological polar surface area (TPSA) is 90.9 Å². The standard InChI is InChI=1S/C23H18N4O3/c28-23-20-12-18(17-4-1-5-19(11-17)27(29)30)8-9-21(20)25-22(16-6-7-16)26(23)14-15-3-2-10-24-13-15/h1-5,8-13,16H,6-7,14H2. The normalized spacial score (nSPS) is 13.5. The summed E-state index contributed by atoms with van der Waals surface area (Å²) in [5, 5.41) is 11.6. The second kappa shape index (κ2) is 7.18. The van der Waals surface area contributed by atoms with Crippen molar-refractivity contribution in [3.63, 3.8) is 0 Å². The molecule has 0 radical (unpaired) electrons. The number of pyridine rings is 1. The van der Waals surface area contributed by atoms with E-state index in [1.54, 1.807) is 35.2 Å². The average Bonchev–Trinajstić information content (AvgIpc) is 3.61. The zero-order valence-corrected chi connectivity index (χ0v) is 16.1. The highest BCUT2D eigenvalue weighted by molar-refractivity contribution is 5.84. The van der Waals surface area contributed by atoms with Crippen molar-refractivity contribution in [2.45, 2.75) is 25.3 Å². The fraction of sp³-hybridized carbons (Fsp3) is 0.174. The minimum atomic E-state index is -0.422. The van der Waals surface area contributed by atoms with Gasteiger partial charge in [0.2, 0.25) is 0 Å². The summed E-state index contributed by atoms with van der Waals surface area (Å²) in [6.45, 7) is 0.419. The fourth-order valence-electron chi connectivity index (χ4n) is 3.70. The molecule has 0 spiro atoms. The lowest BCUT2D eigenvalue weighted by Crippen LogP contribution is -2.25. The lowest BCUT2D eigenvalue weighted by atomic mass is 10.0. The van der Waals surface area contributed by atoms with Crippen LogP contribution in [0.25, 0.3) is 22.0 Å². The SMILES string of the molecule is O=c1c2cc(-c3cccc([N+](=O)[O-])c3)ccc2nc(C2CC2)n1Cc1cccnc1. The third-order valence-electron chi connectivity index (χ3n) is 5.38. The highest BCUT2D eigenvalue weighted by Crippen LogP contribution is 2.39. The van der Waals surface area contributed by atoms with Crippen molar-refractivity contribution < 1.29 is 4.92 Å². The van der Waals surface area contributed by atoms with Gasteiger partial charge in [-0.25, -0.2) is 4.98 Å². The lowest BCUT2D eigenvalue weighted by Gasteiger charge is -2.14. The van der Waals surface area contributed by atoms with E-state index in [0.29, 0.717) is 28.9 Å². The van der Waals surface area contributed by atoms with Crippen LogP contribution >= 0.6 is 0 Å². The number of nitro groups is 1. The van der Waals surface area contributed by atoms with E-state index in [-0.39, 0.29) is 11.2 Å². The smallest absolute Gasteiger partial charge is 0.270 e. The molecule has 1 aliphatic rings. The molecule has 0 aliphatic heterocycles. The molecule has 5 rings (SSSR count). The van der Waals surface area contributed by atoms with Crippen LogP contribution in [0, 0.1) is 10.1 Å². The first-order valence-corrected chi connectivity index (χ1v) is 9.78. The number of rotatable bonds is 5. The van der Waals surface area contributed by atoms with Crippen LogP contribution in [-0.2, 0) is 6.54 Å². The predicted molar refractivity (Wildman–Crippen MR) is 113 cm³/mol. The van der Waals surface area contributed by atoms with Gasteiger partial charge in [0.15, 0.2) is 0 Å². The van der Waals surface area contributed by atoms with Gasteiger partial charge in [0.1, 0.15) is 5.82 Å². The third-order valence-corrected chi connectivity index (χ3v) is 5.38. The number of fused-ring (bicyclic) bond motifs is 1. The van der Waals surface area contributed by atoms with E-state index >= 15 is 0 Å². The number of non-ortho nitro benzene ring substituents is 1. The van der Waals surface area contributed by atoms with E-state index in [0.717, 1.165) is 29.8 Å². The second-order valence-electron chi connectivity index (χ2n) is 7.54. The van der Waals surface area contributed by atoms with Crippen molar-refractivity contribution >= 4 is 16.6 Å². The van der Waals surface area contributed by atoms with E-state index in [9.17, 15) is 14.9 Å². The molecule has 7 heteroatoms. The predicted octanol–water partition coefficient (Wildman–Crippen LogP) is 4.29. The molecule has 1 aliphatic carbocycles. The Morgan fingerprint density at radius 3 is 2.63 bits per heavy atom. The van der Waals surface area contributed by atoms with Gasteiger partial charge in [0, 0.05) is 30.4 Å². The van der Waals surface area contributed by atoms with E-state index in [2.05, 4.69) is 4.98 Å². The van der Waals surface area contributed by atoms with E-state index in [4.69, 9.17) is 4.98 Å². The Balaban J connectivity index is 1.66. The molecule has 0 bridgehead atoms. The Kier molecular flexibility index (Phi) is 4.35. The van der Waals surface area contributed by atoms with Gasteiger partial charge in [-0.05, 0) is 47.7 Å². The third kappa shape index (κ3) is 3.34. The number of hydrogen-bond acceptors (Lipinski definition) is 5. The molecule has 7 nitrogen and oxygen atoms in total. The number of aromatic nitrogens is 3. The summed E-state index contributed by atoms with van der Waals surface area (Å²) in [5.41, 5.74) is 2.95. The summed E-state index contributed by atoms with van der Waals surface area (Å²) in [5.74, 6) is 1.13. The molecule has 0 amide bonds. The van der Waals surface area contributed by atoms with Gasteiger partial charge in [0.25, 0.3) is 11.2 Å². The fourth-order valence-corrected chi connectivity index (χ4v) is 3.70. The summed E-state index contributed by atoms with van der Waals surface area (Å²) >= 11 is 0. The summed E-state index contributed by atoms with van der Waals surface area (Å²) < 4.78 is 1.74. The maximum atomic E-state index is 13.4. The minimum absolute atomic E-state index is 0.0174. The molecule has 0 saturated heterocycles. The molecule has 4 aromatic rings. The van der Waals surface area contributed by atoms with Gasteiger partial charge in [0.05, 0.1) is 22.4 Å². The highest BCUT2D eigenvalue weighted by atomic mass is 16.6. The highest BCUT2D eigenvalue weighted by Gasteiger charge is 2.29. The van der Waals surface area contributed by atoms with Crippen LogP contribution in [0.1, 0.15) is 30.1 Å². The molecule has 0 atom stereocenters. The van der Waals surface area contributed by atoms with Crippen LogP contribution in [-0.4, -0.2) is 19.5 Å². The first kappa shape index (κ1) is 18.2. The van der Waals surface area contributed by atoms with Crippen LogP contribution in [0.5, 0.6) is 0 Å². The van der Waals surface area contributed by atoms with Gasteiger partial charge in [-0.15, -0.1) is 0 Å². The van der Waals surface area contributed by atoms with Crippen LogP contribution in [0.3, 0.4) is 0 Å². The molecule has 0 N–H and O–H groups in total. The lowest BCUT2D eigenvalue weighted by molar-refractivity contribution is -0.384. The molecule has 2 aromatic carbocycles. The number of nitrogens with zero attached hydrogens (tertiary/aromatic N) is 4. The second-order valence-corrected chi connectivity index (χ2v) is 7.54. The first-order valence-electron chi connectivity index (χ1n) is 9.78. The van der Waals surface area contributed by atoms with Crippen molar-refractivity contribution in [3.05, 3.63) is 98.8 Å². The van der Waals surface area contributed by atoms with Crippen LogP contribution < -0.4 is 5.56 Å². The van der Waals surface area contributed by atoms with Crippen LogP contribution in [0.15, 0.2) is 71.8 Å². The van der Waals surface area contributed by atoms with Gasteiger partial charge in [-0.2, -0.15) is 0 Å². The molecule has 1 saturated carbocycles. The van der Waals surface area contributed by atoms with Gasteiger partial charge < -0.3 is 0 Å². The van der Waals surface area contributed by atoms with E-state index < -0.39 is 4.92 Å². The summed E-state index contributed by atoms with van der Waals surface area (Å²) in [4.78, 5) is 33.1. The van der Waals surface area contributed by atoms with Gasteiger partial charge in [-0.3, -0.25) is 24.5 Å². The molecule has 30 heavy (non-hydrogen) atoms. The van der Waals surface area contributed by atoms with Crippen molar-refractivity contribution in [2.24, 2.45) is 0 Å². The average molecular weight is 398 g/mol. The van der Waals surface area contributed by atoms with Crippen LogP contribution in [0.2, 0.25) is 0 Å². The summed E-state index contributed by atoms with van der Waals surface area (Å²) in [6, 6.07) is 15.7. The quantitative estimate of drug-likeness (QED) is 0.369. The molecule has 1 fully saturated rings. The van der Waals surface area contributed by atoms with E-state index in [1.165, 1.54) is 12.1 Å². The zero-order chi connectivity index (χ0) is 20.7. The Morgan fingerprint density at radius 1 is 1.07 bits per heavy atom. The summed E-state index contributed by atoms with van der Waals surface area (Å²) in [6.07, 6.45) is 5.54. The molecule has 2 heterocycles. The van der Waals surface area contributed by atoms with Crippen molar-refractivity contribution in [1.82, 2.24) is 14.5 Å². The Hall–Kier alpha value is -3.87. The first-order chi connectivity index (χ1) is 14.6. The van der Waals surface area contributed by atoms with E-state index in [1.807, 2.05) is 24.3 Å². The van der Waals surface area contributed by atoms with Crippen molar-refractivity contribution in [3.8, 4) is 11.1 Å². The Morgan fingerprint density at radius 2 is 1.90 bits per heavy atom. The Bertz CT molecular complexity index is 1330. The largest absolute Gasteiger partial charge is 0.291 e. The molecule has 2 aromatic heterocycles. The maximum Gasteiger partial charge on any atom is 0.270 e. The maximum absolute atomic E-state index is 13.4. The van der Waals surface area contributed by atoms with Gasteiger partial charge in [-0.1, -0.05) is 24.3 Å². The Labute approximate surface area is 171 Å². The number of hydrogen-bond donors (Lipinski definition) is 0. The molecular formula is C23H18N4O3. The van der Waals surface area contributed by atoms with Crippen molar-refractivity contribution in [1.29, 1.82) is 0 Å². The van der Waals surface area contributed by atoms with Gasteiger partial charge >= 0.3 is 0 Å². The number of benzene rings is 2. The number of nitro benzene ring substituents is 1. The van der Waals surface area contributed by atoms with Crippen LogP contribution in [0.4, 0.5) is 5.69 Å². The molecule has 148 valence electrons. The molecular weight excluding hydrogens is 380 g/mol. The zero-order valence-electron chi connectivity index (χ0n) is 16.1. The minimum Gasteiger partial charge on any atom is -0.291 e. The monoisotopic (exact) mass is 398 g/mol. The van der Waals surface area contributed by atoms with Crippen molar-refractivity contribution in [2.75, 3.05) is 0 Å². The summed E-state index contributed by atoms with van der Waals surface area (Å²) in [7, 11) is 0.